The van der Waals surface area contributed by atoms with Crippen LogP contribution in [0.25, 0.3) is 0 Å². The maximum atomic E-state index is 12.1. The van der Waals surface area contributed by atoms with Crippen molar-refractivity contribution in [1.29, 1.82) is 0 Å². The van der Waals surface area contributed by atoms with Gasteiger partial charge in [0, 0.05) is 12.7 Å². The lowest BCUT2D eigenvalue weighted by molar-refractivity contribution is 0.0215. The third kappa shape index (κ3) is 4.11. The third-order valence-corrected chi connectivity index (χ3v) is 5.66. The van der Waals surface area contributed by atoms with Crippen LogP contribution in [0, 0.1) is 0 Å². The van der Waals surface area contributed by atoms with E-state index in [9.17, 15) is 13.2 Å². The summed E-state index contributed by atoms with van der Waals surface area (Å²) in [5, 5.41) is -0.138. The minimum Gasteiger partial charge on any atom is -0.459 e. The molecular formula is C14H18ClNO4S. The first-order valence-corrected chi connectivity index (χ1v) is 9.05. The number of ether oxygens (including phenoxy) is 1. The van der Waals surface area contributed by atoms with Gasteiger partial charge in [0.25, 0.3) is 0 Å². The fourth-order valence-corrected chi connectivity index (χ4v) is 3.81. The standard InChI is InChI=1S/C14H18ClNO4S/c1-21(18,19)11-4-2-3-10(8-11)20-14(17)9-5-6-13(16)12(15)7-9/h5-7,10-11H,2-4,8,16H2,1H3. The summed E-state index contributed by atoms with van der Waals surface area (Å²) in [6.45, 7) is 0. The maximum absolute atomic E-state index is 12.1. The van der Waals surface area contributed by atoms with E-state index in [4.69, 9.17) is 22.1 Å². The Hall–Kier alpha value is -1.27. The molecule has 5 nitrogen and oxygen atoms in total. The lowest BCUT2D eigenvalue weighted by atomic mass is 9.97. The molecule has 0 bridgehead atoms. The summed E-state index contributed by atoms with van der Waals surface area (Å²) in [7, 11) is -3.10. The number of esters is 1. The summed E-state index contributed by atoms with van der Waals surface area (Å²) in [6, 6.07) is 4.54. The molecule has 0 spiro atoms. The molecule has 2 unspecified atom stereocenters. The number of carbonyl (C=O) groups excluding carboxylic acids is 1. The summed E-state index contributed by atoms with van der Waals surface area (Å²) < 4.78 is 28.6. The highest BCUT2D eigenvalue weighted by atomic mass is 35.5. The molecule has 0 heterocycles. The van der Waals surface area contributed by atoms with E-state index in [1.807, 2.05) is 0 Å². The Morgan fingerprint density at radius 3 is 2.71 bits per heavy atom. The molecule has 1 aliphatic carbocycles. The normalized spacial score (nSPS) is 22.8. The van der Waals surface area contributed by atoms with E-state index < -0.39 is 21.1 Å². The van der Waals surface area contributed by atoms with Crippen molar-refractivity contribution in [3.05, 3.63) is 28.8 Å². The van der Waals surface area contributed by atoms with Crippen LogP contribution < -0.4 is 5.73 Å². The van der Waals surface area contributed by atoms with E-state index in [0.717, 1.165) is 6.42 Å². The number of benzene rings is 1. The molecule has 0 aromatic heterocycles. The summed E-state index contributed by atoms with van der Waals surface area (Å²) in [5.41, 5.74) is 6.30. The number of hydrogen-bond acceptors (Lipinski definition) is 5. The van der Waals surface area contributed by atoms with Gasteiger partial charge in [0.1, 0.15) is 15.9 Å². The molecule has 0 radical (unpaired) electrons. The van der Waals surface area contributed by atoms with Crippen molar-refractivity contribution in [2.45, 2.75) is 37.0 Å². The lowest BCUT2D eigenvalue weighted by Crippen LogP contribution is -2.32. The Bertz CT molecular complexity index is 644. The molecule has 1 aromatic carbocycles. The van der Waals surface area contributed by atoms with Crippen molar-refractivity contribution in [2.24, 2.45) is 0 Å². The molecule has 2 rings (SSSR count). The van der Waals surface area contributed by atoms with E-state index in [-0.39, 0.29) is 6.10 Å². The molecule has 7 heteroatoms. The topological polar surface area (TPSA) is 86.5 Å². The first-order chi connectivity index (χ1) is 9.77. The van der Waals surface area contributed by atoms with Crippen LogP contribution in [-0.2, 0) is 14.6 Å². The van der Waals surface area contributed by atoms with Crippen molar-refractivity contribution >= 4 is 33.1 Å². The molecule has 1 aromatic rings. The average Bonchev–Trinajstić information content (AvgIpc) is 2.41. The fraction of sp³-hybridized carbons (Fsp3) is 0.500. The summed E-state index contributed by atoms with van der Waals surface area (Å²) in [5.74, 6) is -0.504. The SMILES string of the molecule is CS(=O)(=O)C1CCCC(OC(=O)c2ccc(N)c(Cl)c2)C1. The van der Waals surface area contributed by atoms with Crippen LogP contribution in [0.4, 0.5) is 5.69 Å². The zero-order valence-corrected chi connectivity index (χ0v) is 13.3. The molecular weight excluding hydrogens is 314 g/mol. The summed E-state index contributed by atoms with van der Waals surface area (Å²) >= 11 is 5.87. The Kier molecular flexibility index (Phi) is 4.78. The first-order valence-electron chi connectivity index (χ1n) is 6.72. The van der Waals surface area contributed by atoms with E-state index in [0.29, 0.717) is 35.5 Å². The highest BCUT2D eigenvalue weighted by Gasteiger charge is 2.31. The predicted octanol–water partition coefficient (Wildman–Crippen LogP) is 2.43. The zero-order valence-electron chi connectivity index (χ0n) is 11.7. The Balaban J connectivity index is 2.03. The Labute approximate surface area is 129 Å². The smallest absolute Gasteiger partial charge is 0.338 e. The van der Waals surface area contributed by atoms with Crippen molar-refractivity contribution in [3.63, 3.8) is 0 Å². The van der Waals surface area contributed by atoms with Crippen LogP contribution in [0.1, 0.15) is 36.0 Å². The van der Waals surface area contributed by atoms with Crippen molar-refractivity contribution in [3.8, 4) is 0 Å². The number of nitrogen functional groups attached to an aromatic ring is 1. The lowest BCUT2D eigenvalue weighted by Gasteiger charge is -2.27. The molecule has 0 aliphatic heterocycles. The highest BCUT2D eigenvalue weighted by molar-refractivity contribution is 7.91. The van der Waals surface area contributed by atoms with Gasteiger partial charge in [-0.3, -0.25) is 0 Å². The van der Waals surface area contributed by atoms with Gasteiger partial charge in [-0.15, -0.1) is 0 Å². The molecule has 1 aliphatic rings. The average molecular weight is 332 g/mol. The van der Waals surface area contributed by atoms with Crippen molar-refractivity contribution in [1.82, 2.24) is 0 Å². The number of nitrogens with two attached hydrogens (primary N) is 1. The molecule has 116 valence electrons. The van der Waals surface area contributed by atoms with Gasteiger partial charge in [-0.1, -0.05) is 11.6 Å². The Morgan fingerprint density at radius 1 is 1.38 bits per heavy atom. The van der Waals surface area contributed by atoms with E-state index in [1.54, 1.807) is 12.1 Å². The zero-order chi connectivity index (χ0) is 15.6. The first kappa shape index (κ1) is 16.1. The number of halogens is 1. The second kappa shape index (κ2) is 6.23. The third-order valence-electron chi connectivity index (χ3n) is 3.69. The quantitative estimate of drug-likeness (QED) is 0.679. The summed E-state index contributed by atoms with van der Waals surface area (Å²) in [6.07, 6.45) is 3.25. The van der Waals surface area contributed by atoms with Gasteiger partial charge in [0.2, 0.25) is 0 Å². The van der Waals surface area contributed by atoms with Gasteiger partial charge in [-0.05, 0) is 37.5 Å². The largest absolute Gasteiger partial charge is 0.459 e. The van der Waals surface area contributed by atoms with Crippen LogP contribution in [-0.4, -0.2) is 32.0 Å². The summed E-state index contributed by atoms with van der Waals surface area (Å²) in [4.78, 5) is 12.1. The molecule has 0 amide bonds. The van der Waals surface area contributed by atoms with Crippen molar-refractivity contribution in [2.75, 3.05) is 12.0 Å². The van der Waals surface area contributed by atoms with Gasteiger partial charge in [0.05, 0.1) is 21.5 Å². The molecule has 1 saturated carbocycles. The predicted molar refractivity (Wildman–Crippen MR) is 82.2 cm³/mol. The minimum atomic E-state index is -3.10. The maximum Gasteiger partial charge on any atom is 0.338 e. The van der Waals surface area contributed by atoms with E-state index in [2.05, 4.69) is 0 Å². The van der Waals surface area contributed by atoms with Gasteiger partial charge in [-0.25, -0.2) is 13.2 Å². The number of sulfone groups is 1. The van der Waals surface area contributed by atoms with Crippen LogP contribution in [0.3, 0.4) is 0 Å². The number of hydrogen-bond donors (Lipinski definition) is 1. The molecule has 21 heavy (non-hydrogen) atoms. The number of rotatable bonds is 3. The minimum absolute atomic E-state index is 0.294. The van der Waals surface area contributed by atoms with Gasteiger partial charge < -0.3 is 10.5 Å². The van der Waals surface area contributed by atoms with Gasteiger partial charge in [0.15, 0.2) is 0 Å². The molecule has 2 N–H and O–H groups in total. The molecule has 2 atom stereocenters. The Morgan fingerprint density at radius 2 is 2.10 bits per heavy atom. The van der Waals surface area contributed by atoms with E-state index in [1.165, 1.54) is 12.3 Å². The van der Waals surface area contributed by atoms with E-state index >= 15 is 0 Å². The van der Waals surface area contributed by atoms with Crippen LogP contribution in [0.5, 0.6) is 0 Å². The van der Waals surface area contributed by atoms with Crippen LogP contribution >= 0.6 is 11.6 Å². The van der Waals surface area contributed by atoms with Crippen LogP contribution in [0.15, 0.2) is 18.2 Å². The van der Waals surface area contributed by atoms with Gasteiger partial charge in [-0.2, -0.15) is 0 Å². The second-order valence-corrected chi connectivity index (χ2v) is 8.11. The van der Waals surface area contributed by atoms with Gasteiger partial charge >= 0.3 is 5.97 Å². The molecule has 1 fully saturated rings. The van der Waals surface area contributed by atoms with Crippen molar-refractivity contribution < 1.29 is 17.9 Å². The number of anilines is 1. The molecule has 0 saturated heterocycles. The fourth-order valence-electron chi connectivity index (χ4n) is 2.47. The number of carbonyl (C=O) groups is 1. The second-order valence-electron chi connectivity index (χ2n) is 5.38. The highest BCUT2D eigenvalue weighted by Crippen LogP contribution is 2.27. The van der Waals surface area contributed by atoms with Crippen LogP contribution in [0.2, 0.25) is 5.02 Å². The monoisotopic (exact) mass is 331 g/mol.